The first-order valence-electron chi connectivity index (χ1n) is 5.14. The van der Waals surface area contributed by atoms with Crippen molar-refractivity contribution in [3.05, 3.63) is 16.1 Å². The lowest BCUT2D eigenvalue weighted by Gasteiger charge is -2.27. The zero-order chi connectivity index (χ0) is 14.1. The van der Waals surface area contributed by atoms with Crippen LogP contribution in [0.15, 0.2) is 6.20 Å². The van der Waals surface area contributed by atoms with Crippen molar-refractivity contribution >= 4 is 17.2 Å². The van der Waals surface area contributed by atoms with Gasteiger partial charge in [0.05, 0.1) is 6.04 Å². The minimum atomic E-state index is -4.80. The Balaban J connectivity index is 2.77. The number of halogens is 3. The number of hydrogen-bond acceptors (Lipinski definition) is 4. The SMILES string of the molecule is Cc1cnc(C(C)NC(=O)C(C)(N)C(F)(F)F)s1. The maximum atomic E-state index is 12.5. The number of carbonyl (C=O) groups excluding carboxylic acids is 1. The Hall–Kier alpha value is -1.15. The van der Waals surface area contributed by atoms with E-state index >= 15 is 0 Å². The zero-order valence-electron chi connectivity index (χ0n) is 10.1. The first-order valence-corrected chi connectivity index (χ1v) is 5.96. The monoisotopic (exact) mass is 281 g/mol. The molecule has 0 saturated heterocycles. The number of aryl methyl sites for hydroxylation is 1. The summed E-state index contributed by atoms with van der Waals surface area (Å²) in [7, 11) is 0. The van der Waals surface area contributed by atoms with E-state index in [4.69, 9.17) is 5.73 Å². The highest BCUT2D eigenvalue weighted by Gasteiger charge is 2.54. The summed E-state index contributed by atoms with van der Waals surface area (Å²) in [6.07, 6.45) is -3.20. The molecule has 0 aromatic carbocycles. The van der Waals surface area contributed by atoms with E-state index in [2.05, 4.69) is 10.3 Å². The van der Waals surface area contributed by atoms with Crippen molar-refractivity contribution in [1.29, 1.82) is 0 Å². The van der Waals surface area contributed by atoms with Crippen molar-refractivity contribution < 1.29 is 18.0 Å². The Bertz CT molecular complexity index is 442. The van der Waals surface area contributed by atoms with E-state index in [0.717, 1.165) is 4.88 Å². The van der Waals surface area contributed by atoms with Gasteiger partial charge in [-0.3, -0.25) is 4.79 Å². The third-order valence-corrected chi connectivity index (χ3v) is 3.51. The fourth-order valence-electron chi connectivity index (χ4n) is 1.11. The summed E-state index contributed by atoms with van der Waals surface area (Å²) in [6, 6.07) is -0.610. The van der Waals surface area contributed by atoms with Crippen LogP contribution in [0, 0.1) is 6.92 Å². The van der Waals surface area contributed by atoms with Crippen molar-refractivity contribution in [2.45, 2.75) is 38.5 Å². The van der Waals surface area contributed by atoms with Gasteiger partial charge in [-0.2, -0.15) is 13.2 Å². The molecule has 1 aromatic heterocycles. The lowest BCUT2D eigenvalue weighted by Crippen LogP contribution is -2.61. The van der Waals surface area contributed by atoms with Crippen LogP contribution in [0.1, 0.15) is 29.8 Å². The van der Waals surface area contributed by atoms with Crippen LogP contribution in [0.3, 0.4) is 0 Å². The fraction of sp³-hybridized carbons (Fsp3) is 0.600. The van der Waals surface area contributed by atoms with Crippen molar-refractivity contribution in [2.75, 3.05) is 0 Å². The van der Waals surface area contributed by atoms with E-state index in [0.29, 0.717) is 11.9 Å². The summed E-state index contributed by atoms with van der Waals surface area (Å²) >= 11 is 1.31. The van der Waals surface area contributed by atoms with Crippen molar-refractivity contribution in [3.63, 3.8) is 0 Å². The minimum absolute atomic E-state index is 0.541. The fourth-order valence-corrected chi connectivity index (χ4v) is 1.89. The maximum absolute atomic E-state index is 12.5. The average Bonchev–Trinajstić information content (AvgIpc) is 2.62. The van der Waals surface area contributed by atoms with Crippen LogP contribution in [0.4, 0.5) is 13.2 Å². The van der Waals surface area contributed by atoms with Crippen LogP contribution < -0.4 is 11.1 Å². The number of rotatable bonds is 3. The smallest absolute Gasteiger partial charge is 0.345 e. The van der Waals surface area contributed by atoms with Gasteiger partial charge >= 0.3 is 6.18 Å². The van der Waals surface area contributed by atoms with E-state index in [-0.39, 0.29) is 0 Å². The third-order valence-electron chi connectivity index (χ3n) is 2.42. The van der Waals surface area contributed by atoms with E-state index in [1.165, 1.54) is 11.3 Å². The number of hydrogen-bond donors (Lipinski definition) is 2. The van der Waals surface area contributed by atoms with Crippen LogP contribution in [-0.4, -0.2) is 22.6 Å². The average molecular weight is 281 g/mol. The highest BCUT2D eigenvalue weighted by molar-refractivity contribution is 7.11. The molecule has 0 bridgehead atoms. The highest BCUT2D eigenvalue weighted by atomic mass is 32.1. The number of carbonyl (C=O) groups is 1. The standard InChI is InChI=1S/C10H14F3N3OS/c1-5-4-15-7(18-5)6(2)16-8(17)9(3,14)10(11,12)13/h4,6H,14H2,1-3H3,(H,16,17). The molecule has 0 aliphatic rings. The Morgan fingerprint density at radius 2 is 2.11 bits per heavy atom. The van der Waals surface area contributed by atoms with Gasteiger partial charge in [-0.15, -0.1) is 11.3 Å². The number of thiazole rings is 1. The molecule has 0 aliphatic carbocycles. The number of aromatic nitrogens is 1. The van der Waals surface area contributed by atoms with E-state index in [1.807, 2.05) is 6.92 Å². The molecule has 2 unspecified atom stereocenters. The lowest BCUT2D eigenvalue weighted by molar-refractivity contribution is -0.187. The normalized spacial score (nSPS) is 17.1. The molecule has 1 aromatic rings. The molecule has 1 rings (SSSR count). The van der Waals surface area contributed by atoms with Crippen LogP contribution in [0.5, 0.6) is 0 Å². The topological polar surface area (TPSA) is 68.0 Å². The second-order valence-corrected chi connectivity index (χ2v) is 5.47. The Morgan fingerprint density at radius 1 is 1.56 bits per heavy atom. The molecule has 4 nitrogen and oxygen atoms in total. The van der Waals surface area contributed by atoms with E-state index in [1.54, 1.807) is 13.1 Å². The summed E-state index contributed by atoms with van der Waals surface area (Å²) in [5.74, 6) is -1.27. The van der Waals surface area contributed by atoms with Gasteiger partial charge in [-0.05, 0) is 20.8 Å². The zero-order valence-corrected chi connectivity index (χ0v) is 10.9. The van der Waals surface area contributed by atoms with Gasteiger partial charge < -0.3 is 11.1 Å². The molecule has 0 saturated carbocycles. The summed E-state index contributed by atoms with van der Waals surface area (Å²) in [4.78, 5) is 16.4. The molecule has 3 N–H and O–H groups in total. The number of nitrogens with zero attached hydrogens (tertiary/aromatic N) is 1. The molecular weight excluding hydrogens is 267 g/mol. The number of nitrogens with two attached hydrogens (primary N) is 1. The summed E-state index contributed by atoms with van der Waals surface area (Å²) in [6.45, 7) is 4.02. The van der Waals surface area contributed by atoms with Crippen LogP contribution >= 0.6 is 11.3 Å². The molecule has 0 fully saturated rings. The number of alkyl halides is 3. The molecule has 1 heterocycles. The summed E-state index contributed by atoms with van der Waals surface area (Å²) in [5.41, 5.74) is 2.11. The molecule has 1 amide bonds. The van der Waals surface area contributed by atoms with Crippen molar-refractivity contribution in [2.24, 2.45) is 5.73 Å². The predicted molar refractivity (Wildman–Crippen MR) is 62.1 cm³/mol. The van der Waals surface area contributed by atoms with Gasteiger partial charge in [0.25, 0.3) is 0 Å². The summed E-state index contributed by atoms with van der Waals surface area (Å²) in [5, 5.41) is 2.76. The predicted octanol–water partition coefficient (Wildman–Crippen LogP) is 1.91. The van der Waals surface area contributed by atoms with Gasteiger partial charge in [-0.1, -0.05) is 0 Å². The first kappa shape index (κ1) is 14.9. The van der Waals surface area contributed by atoms with Gasteiger partial charge in [0.2, 0.25) is 5.91 Å². The number of amides is 1. The quantitative estimate of drug-likeness (QED) is 0.889. The van der Waals surface area contributed by atoms with Gasteiger partial charge in [0, 0.05) is 11.1 Å². The molecule has 0 radical (unpaired) electrons. The Kier molecular flexibility index (Phi) is 4.02. The Morgan fingerprint density at radius 3 is 2.50 bits per heavy atom. The molecule has 0 spiro atoms. The molecule has 102 valence electrons. The maximum Gasteiger partial charge on any atom is 0.415 e. The molecule has 8 heteroatoms. The second kappa shape index (κ2) is 4.85. The van der Waals surface area contributed by atoms with Crippen LogP contribution in [0.2, 0.25) is 0 Å². The van der Waals surface area contributed by atoms with E-state index in [9.17, 15) is 18.0 Å². The van der Waals surface area contributed by atoms with Gasteiger partial charge in [0.15, 0.2) is 5.54 Å². The second-order valence-electron chi connectivity index (χ2n) is 4.20. The van der Waals surface area contributed by atoms with Crippen molar-refractivity contribution in [3.8, 4) is 0 Å². The minimum Gasteiger partial charge on any atom is -0.345 e. The molecule has 18 heavy (non-hydrogen) atoms. The van der Waals surface area contributed by atoms with Gasteiger partial charge in [0.1, 0.15) is 5.01 Å². The summed E-state index contributed by atoms with van der Waals surface area (Å²) < 4.78 is 37.6. The largest absolute Gasteiger partial charge is 0.415 e. The van der Waals surface area contributed by atoms with Gasteiger partial charge in [-0.25, -0.2) is 4.98 Å². The number of nitrogens with one attached hydrogen (secondary N) is 1. The third kappa shape index (κ3) is 2.99. The highest BCUT2D eigenvalue weighted by Crippen LogP contribution is 2.29. The van der Waals surface area contributed by atoms with Crippen molar-refractivity contribution in [1.82, 2.24) is 10.3 Å². The first-order chi connectivity index (χ1) is 8.05. The molecule has 0 aliphatic heterocycles. The lowest BCUT2D eigenvalue weighted by atomic mass is 10.0. The molecular formula is C10H14F3N3OS. The van der Waals surface area contributed by atoms with Crippen LogP contribution in [0.25, 0.3) is 0 Å². The van der Waals surface area contributed by atoms with E-state index < -0.39 is 23.7 Å². The molecule has 2 atom stereocenters. The Labute approximate surface area is 106 Å². The van der Waals surface area contributed by atoms with Crippen LogP contribution in [-0.2, 0) is 4.79 Å².